The number of rotatable bonds is 11. The fourth-order valence-electron chi connectivity index (χ4n) is 2.40. The number of hydrogen-bond acceptors (Lipinski definition) is 5. The number of esters is 1. The molecule has 7 nitrogen and oxygen atoms in total. The molecule has 1 amide bonds. The van der Waals surface area contributed by atoms with Crippen LogP contribution < -0.4 is 5.32 Å². The van der Waals surface area contributed by atoms with Gasteiger partial charge in [0, 0.05) is 6.42 Å². The van der Waals surface area contributed by atoms with Gasteiger partial charge in [-0.25, -0.2) is 4.79 Å². The molecule has 2 aromatic carbocycles. The van der Waals surface area contributed by atoms with Crippen molar-refractivity contribution in [1.82, 2.24) is 5.32 Å². The first kappa shape index (κ1) is 21.1. The lowest BCUT2D eigenvalue weighted by molar-refractivity contribution is -0.147. The minimum atomic E-state index is -1.22. The number of ether oxygens (including phenoxy) is 2. The minimum absolute atomic E-state index is 0.0621. The molecular formula is C21H23NO6. The molecule has 0 radical (unpaired) electrons. The second-order valence-corrected chi connectivity index (χ2v) is 6.12. The number of carbonyl (C=O) groups is 3. The third kappa shape index (κ3) is 8.01. The maximum atomic E-state index is 11.9. The molecule has 28 heavy (non-hydrogen) atoms. The Hall–Kier alpha value is -3.19. The van der Waals surface area contributed by atoms with E-state index in [2.05, 4.69) is 5.32 Å². The standard InChI is InChI=1S/C21H23NO6/c23-19(15-27-13-16-7-3-1-4-8-16)22-18(21(25)26)11-12-20(24)28-14-17-9-5-2-6-10-17/h1-10,18H,11-15H2,(H,22,23)(H,25,26). The van der Waals surface area contributed by atoms with Crippen LogP contribution in [0.15, 0.2) is 60.7 Å². The summed E-state index contributed by atoms with van der Waals surface area (Å²) in [6.07, 6.45) is -0.178. The summed E-state index contributed by atoms with van der Waals surface area (Å²) < 4.78 is 10.4. The third-order valence-corrected chi connectivity index (χ3v) is 3.86. The topological polar surface area (TPSA) is 102 Å². The SMILES string of the molecule is O=C(COCc1ccccc1)NC(CCC(=O)OCc1ccccc1)C(=O)O. The zero-order valence-corrected chi connectivity index (χ0v) is 15.4. The largest absolute Gasteiger partial charge is 0.480 e. The molecule has 0 bridgehead atoms. The van der Waals surface area contributed by atoms with E-state index in [1.807, 2.05) is 60.7 Å². The van der Waals surface area contributed by atoms with Gasteiger partial charge >= 0.3 is 11.9 Å². The number of carbonyl (C=O) groups excluding carboxylic acids is 2. The number of nitrogens with one attached hydrogen (secondary N) is 1. The quantitative estimate of drug-likeness (QED) is 0.576. The van der Waals surface area contributed by atoms with Gasteiger partial charge in [-0.3, -0.25) is 9.59 Å². The van der Waals surface area contributed by atoms with E-state index in [4.69, 9.17) is 9.47 Å². The summed E-state index contributed by atoms with van der Waals surface area (Å²) in [5, 5.41) is 11.6. The van der Waals surface area contributed by atoms with Gasteiger partial charge < -0.3 is 19.9 Å². The summed E-state index contributed by atoms with van der Waals surface area (Å²) in [5.41, 5.74) is 1.75. The molecule has 2 aromatic rings. The lowest BCUT2D eigenvalue weighted by Gasteiger charge is -2.14. The Balaban J connectivity index is 1.69. The summed E-state index contributed by atoms with van der Waals surface area (Å²) in [6.45, 7) is 0.103. The van der Waals surface area contributed by atoms with Gasteiger partial charge in [0.15, 0.2) is 0 Å². The number of aliphatic carboxylic acids is 1. The van der Waals surface area contributed by atoms with E-state index >= 15 is 0 Å². The minimum Gasteiger partial charge on any atom is -0.480 e. The lowest BCUT2D eigenvalue weighted by atomic mass is 10.1. The molecule has 0 saturated carbocycles. The summed E-state index contributed by atoms with van der Waals surface area (Å²) in [5.74, 6) is -2.29. The van der Waals surface area contributed by atoms with Gasteiger partial charge in [-0.05, 0) is 17.5 Å². The van der Waals surface area contributed by atoms with E-state index in [1.54, 1.807) is 0 Å². The Bertz CT molecular complexity index is 763. The molecule has 0 spiro atoms. The Morgan fingerprint density at radius 2 is 1.46 bits per heavy atom. The molecule has 2 rings (SSSR count). The van der Waals surface area contributed by atoms with Crippen LogP contribution in [0, 0.1) is 0 Å². The Morgan fingerprint density at radius 3 is 2.04 bits per heavy atom. The first-order chi connectivity index (χ1) is 13.5. The molecular weight excluding hydrogens is 362 g/mol. The van der Waals surface area contributed by atoms with Crippen LogP contribution in [0.1, 0.15) is 24.0 Å². The highest BCUT2D eigenvalue weighted by atomic mass is 16.5. The molecule has 1 atom stereocenters. The van der Waals surface area contributed by atoms with Crippen LogP contribution in [-0.2, 0) is 37.1 Å². The fraction of sp³-hybridized carbons (Fsp3) is 0.286. The van der Waals surface area contributed by atoms with Gasteiger partial charge in [0.05, 0.1) is 6.61 Å². The Morgan fingerprint density at radius 1 is 0.893 bits per heavy atom. The van der Waals surface area contributed by atoms with Crippen LogP contribution in [0.5, 0.6) is 0 Å². The molecule has 0 heterocycles. The summed E-state index contributed by atoms with van der Waals surface area (Å²) in [7, 11) is 0. The number of hydrogen-bond donors (Lipinski definition) is 2. The molecule has 0 aromatic heterocycles. The Labute approximate surface area is 163 Å². The van der Waals surface area contributed by atoms with Gasteiger partial charge in [0.2, 0.25) is 5.91 Å². The summed E-state index contributed by atoms with van der Waals surface area (Å²) in [6, 6.07) is 17.3. The predicted octanol–water partition coefficient (Wildman–Crippen LogP) is 2.30. The van der Waals surface area contributed by atoms with Gasteiger partial charge in [0.1, 0.15) is 19.3 Å². The van der Waals surface area contributed by atoms with Crippen LogP contribution in [0.2, 0.25) is 0 Å². The van der Waals surface area contributed by atoms with Crippen molar-refractivity contribution >= 4 is 17.8 Å². The van der Waals surface area contributed by atoms with E-state index in [1.165, 1.54) is 0 Å². The van der Waals surface area contributed by atoms with Crippen LogP contribution in [0.3, 0.4) is 0 Å². The molecule has 0 aliphatic rings. The molecule has 0 fully saturated rings. The van der Waals surface area contributed by atoms with E-state index in [0.717, 1.165) is 11.1 Å². The average Bonchev–Trinajstić information content (AvgIpc) is 2.71. The van der Waals surface area contributed by atoms with Crippen LogP contribution in [-0.4, -0.2) is 35.6 Å². The highest BCUT2D eigenvalue weighted by Gasteiger charge is 2.21. The lowest BCUT2D eigenvalue weighted by Crippen LogP contribution is -2.42. The van der Waals surface area contributed by atoms with Crippen molar-refractivity contribution in [2.24, 2.45) is 0 Å². The van der Waals surface area contributed by atoms with Gasteiger partial charge in [-0.2, -0.15) is 0 Å². The zero-order valence-electron chi connectivity index (χ0n) is 15.4. The van der Waals surface area contributed by atoms with Crippen molar-refractivity contribution < 1.29 is 29.0 Å². The maximum absolute atomic E-state index is 11.9. The molecule has 7 heteroatoms. The number of carboxylic acids is 1. The molecule has 1 unspecified atom stereocenters. The summed E-state index contributed by atoms with van der Waals surface area (Å²) >= 11 is 0. The molecule has 148 valence electrons. The van der Waals surface area contributed by atoms with Crippen LogP contribution >= 0.6 is 0 Å². The average molecular weight is 385 g/mol. The maximum Gasteiger partial charge on any atom is 0.326 e. The van der Waals surface area contributed by atoms with Gasteiger partial charge in [-0.15, -0.1) is 0 Å². The highest BCUT2D eigenvalue weighted by molar-refractivity contribution is 5.84. The molecule has 2 N–H and O–H groups in total. The monoisotopic (exact) mass is 385 g/mol. The number of amides is 1. The second-order valence-electron chi connectivity index (χ2n) is 6.12. The number of benzene rings is 2. The van der Waals surface area contributed by atoms with Crippen molar-refractivity contribution in [1.29, 1.82) is 0 Å². The first-order valence-corrected chi connectivity index (χ1v) is 8.88. The number of carboxylic acid groups (broad SMARTS) is 1. The van der Waals surface area contributed by atoms with Crippen molar-refractivity contribution in [2.45, 2.75) is 32.1 Å². The van der Waals surface area contributed by atoms with E-state index in [0.29, 0.717) is 0 Å². The predicted molar refractivity (Wildman–Crippen MR) is 101 cm³/mol. The molecule has 0 aliphatic carbocycles. The third-order valence-electron chi connectivity index (χ3n) is 3.86. The van der Waals surface area contributed by atoms with Crippen molar-refractivity contribution in [2.75, 3.05) is 6.61 Å². The molecule has 0 saturated heterocycles. The van der Waals surface area contributed by atoms with E-state index in [-0.39, 0.29) is 32.7 Å². The smallest absolute Gasteiger partial charge is 0.326 e. The summed E-state index contributed by atoms with van der Waals surface area (Å²) in [4.78, 5) is 35.0. The normalized spacial score (nSPS) is 11.4. The highest BCUT2D eigenvalue weighted by Crippen LogP contribution is 2.05. The van der Waals surface area contributed by atoms with Crippen molar-refractivity contribution in [3.8, 4) is 0 Å². The van der Waals surface area contributed by atoms with Crippen LogP contribution in [0.4, 0.5) is 0 Å². The Kier molecular flexibility index (Phi) is 8.68. The van der Waals surface area contributed by atoms with E-state index in [9.17, 15) is 19.5 Å². The van der Waals surface area contributed by atoms with Gasteiger partial charge in [-0.1, -0.05) is 60.7 Å². The second kappa shape index (κ2) is 11.5. The zero-order chi connectivity index (χ0) is 20.2. The fourth-order valence-corrected chi connectivity index (χ4v) is 2.40. The van der Waals surface area contributed by atoms with E-state index < -0.39 is 23.9 Å². The van der Waals surface area contributed by atoms with Crippen LogP contribution in [0.25, 0.3) is 0 Å². The van der Waals surface area contributed by atoms with Gasteiger partial charge in [0.25, 0.3) is 0 Å². The molecule has 0 aliphatic heterocycles. The van der Waals surface area contributed by atoms with Crippen molar-refractivity contribution in [3.63, 3.8) is 0 Å². The van der Waals surface area contributed by atoms with Crippen molar-refractivity contribution in [3.05, 3.63) is 71.8 Å². The first-order valence-electron chi connectivity index (χ1n) is 8.88.